The number of rotatable bonds is 11. The molecule has 0 aromatic heterocycles. The number of esters is 1. The van der Waals surface area contributed by atoms with Gasteiger partial charge < -0.3 is 14.9 Å². The van der Waals surface area contributed by atoms with Crippen LogP contribution >= 0.6 is 0 Å². The highest BCUT2D eigenvalue weighted by molar-refractivity contribution is 5.90. The number of unbranched alkanes of at least 4 members (excludes halogenated alkanes) is 2. The van der Waals surface area contributed by atoms with Gasteiger partial charge in [0.1, 0.15) is 6.10 Å². The molecule has 0 aromatic carbocycles. The molecular weight excluding hydrogens is 272 g/mol. The maximum atomic E-state index is 11.5. The van der Waals surface area contributed by atoms with Gasteiger partial charge in [-0.2, -0.15) is 0 Å². The summed E-state index contributed by atoms with van der Waals surface area (Å²) >= 11 is 0. The summed E-state index contributed by atoms with van der Waals surface area (Å²) in [7, 11) is 0. The van der Waals surface area contributed by atoms with Crippen molar-refractivity contribution in [3.8, 4) is 0 Å². The topological polar surface area (TPSA) is 83.8 Å². The Hall–Kier alpha value is -1.36. The van der Waals surface area contributed by atoms with E-state index in [-0.39, 0.29) is 6.10 Å². The summed E-state index contributed by atoms with van der Waals surface area (Å²) in [6.45, 7) is 6.02. The molecule has 0 radical (unpaired) electrons. The fourth-order valence-corrected chi connectivity index (χ4v) is 2.05. The fourth-order valence-electron chi connectivity index (χ4n) is 2.05. The minimum atomic E-state index is -1.19. The molecule has 0 aromatic rings. The van der Waals surface area contributed by atoms with Gasteiger partial charge in [-0.25, -0.2) is 9.59 Å². The Labute approximate surface area is 127 Å². The number of aliphatic hydroxyl groups is 1. The molecule has 21 heavy (non-hydrogen) atoms. The van der Waals surface area contributed by atoms with Crippen LogP contribution in [0.4, 0.5) is 0 Å². The first-order chi connectivity index (χ1) is 9.81. The summed E-state index contributed by atoms with van der Waals surface area (Å²) in [6.07, 6.45) is 6.12. The smallest absolute Gasteiger partial charge is 0.331 e. The van der Waals surface area contributed by atoms with Gasteiger partial charge in [0.15, 0.2) is 0 Å². The van der Waals surface area contributed by atoms with Gasteiger partial charge in [0.05, 0.1) is 6.10 Å². The van der Waals surface area contributed by atoms with Gasteiger partial charge in [-0.15, -0.1) is 0 Å². The van der Waals surface area contributed by atoms with Crippen LogP contribution in [0.1, 0.15) is 59.3 Å². The molecule has 122 valence electrons. The molecule has 0 fully saturated rings. The number of ether oxygens (including phenoxy) is 1. The first kappa shape index (κ1) is 19.6. The van der Waals surface area contributed by atoms with E-state index in [2.05, 4.69) is 13.8 Å². The van der Waals surface area contributed by atoms with Crippen molar-refractivity contribution in [3.05, 3.63) is 12.2 Å². The van der Waals surface area contributed by atoms with Gasteiger partial charge in [-0.05, 0) is 25.7 Å². The summed E-state index contributed by atoms with van der Waals surface area (Å²) in [5.41, 5.74) is 0. The fraction of sp³-hybridized carbons (Fsp3) is 0.750. The average Bonchev–Trinajstić information content (AvgIpc) is 2.34. The number of carbonyl (C=O) groups is 2. The molecule has 2 unspecified atom stereocenters. The van der Waals surface area contributed by atoms with Crippen LogP contribution in [0.15, 0.2) is 12.2 Å². The number of hydrogen-bond donors (Lipinski definition) is 2. The standard InChI is InChI=1S/C16H28O5/c1-12(2)7-5-4-6-8-14(11-13(3)17)21-16(20)10-9-15(18)19/h9-10,12-14,17H,4-8,11H2,1-3H3,(H,18,19)/b10-9-. The Morgan fingerprint density at radius 2 is 1.67 bits per heavy atom. The predicted molar refractivity (Wildman–Crippen MR) is 80.9 cm³/mol. The zero-order valence-electron chi connectivity index (χ0n) is 13.2. The average molecular weight is 300 g/mol. The third kappa shape index (κ3) is 13.4. The molecule has 0 spiro atoms. The van der Waals surface area contributed by atoms with E-state index in [9.17, 15) is 14.7 Å². The SMILES string of the molecule is CC(C)CCCCCC(CC(C)O)OC(=O)/C=C\C(=O)O. The van der Waals surface area contributed by atoms with Crippen LogP contribution in [0.2, 0.25) is 0 Å². The van der Waals surface area contributed by atoms with E-state index in [1.807, 2.05) is 0 Å². The zero-order chi connectivity index (χ0) is 16.3. The van der Waals surface area contributed by atoms with Crippen molar-refractivity contribution in [2.75, 3.05) is 0 Å². The highest BCUT2D eigenvalue weighted by Crippen LogP contribution is 2.15. The van der Waals surface area contributed by atoms with Crippen molar-refractivity contribution in [1.29, 1.82) is 0 Å². The molecule has 0 aliphatic heterocycles. The Balaban J connectivity index is 4.13. The third-order valence-corrected chi connectivity index (χ3v) is 3.06. The highest BCUT2D eigenvalue weighted by Gasteiger charge is 2.15. The second-order valence-electron chi connectivity index (χ2n) is 5.85. The number of hydrogen-bond acceptors (Lipinski definition) is 4. The lowest BCUT2D eigenvalue weighted by atomic mass is 10.0. The lowest BCUT2D eigenvalue weighted by molar-refractivity contribution is -0.145. The molecule has 5 heteroatoms. The number of aliphatic carboxylic acids is 1. The Morgan fingerprint density at radius 3 is 2.19 bits per heavy atom. The molecule has 0 saturated heterocycles. The number of carboxylic acid groups (broad SMARTS) is 1. The van der Waals surface area contributed by atoms with Crippen LogP contribution in [0.25, 0.3) is 0 Å². The van der Waals surface area contributed by atoms with Crippen molar-refractivity contribution in [2.45, 2.75) is 71.5 Å². The molecule has 0 aliphatic rings. The highest BCUT2D eigenvalue weighted by atomic mass is 16.5. The Kier molecular flexibility index (Phi) is 10.6. The van der Waals surface area contributed by atoms with Gasteiger partial charge >= 0.3 is 11.9 Å². The minimum absolute atomic E-state index is 0.366. The molecule has 0 bridgehead atoms. The maximum absolute atomic E-state index is 11.5. The van der Waals surface area contributed by atoms with Gasteiger partial charge in [0.2, 0.25) is 0 Å². The van der Waals surface area contributed by atoms with Crippen molar-refractivity contribution < 1.29 is 24.5 Å². The van der Waals surface area contributed by atoms with Crippen LogP contribution < -0.4 is 0 Å². The number of carbonyl (C=O) groups excluding carboxylic acids is 1. The van der Waals surface area contributed by atoms with Gasteiger partial charge in [0.25, 0.3) is 0 Å². The first-order valence-electron chi connectivity index (χ1n) is 7.61. The van der Waals surface area contributed by atoms with Crippen LogP contribution in [0.3, 0.4) is 0 Å². The third-order valence-electron chi connectivity index (χ3n) is 3.06. The van der Waals surface area contributed by atoms with Crippen molar-refractivity contribution in [2.24, 2.45) is 5.92 Å². The van der Waals surface area contributed by atoms with Gasteiger partial charge in [-0.1, -0.05) is 33.1 Å². The molecule has 2 atom stereocenters. The van der Waals surface area contributed by atoms with Crippen LogP contribution in [0.5, 0.6) is 0 Å². The summed E-state index contributed by atoms with van der Waals surface area (Å²) in [5, 5.41) is 17.9. The van der Waals surface area contributed by atoms with Gasteiger partial charge in [0, 0.05) is 18.6 Å². The maximum Gasteiger partial charge on any atom is 0.331 e. The van der Waals surface area contributed by atoms with Crippen molar-refractivity contribution in [3.63, 3.8) is 0 Å². The largest absolute Gasteiger partial charge is 0.478 e. The molecule has 0 amide bonds. The van der Waals surface area contributed by atoms with E-state index < -0.39 is 18.0 Å². The van der Waals surface area contributed by atoms with Gasteiger partial charge in [-0.3, -0.25) is 0 Å². The molecule has 0 aliphatic carbocycles. The molecule has 2 N–H and O–H groups in total. The summed E-state index contributed by atoms with van der Waals surface area (Å²) in [5.74, 6) is -1.17. The van der Waals surface area contributed by atoms with Crippen LogP contribution in [-0.2, 0) is 14.3 Å². The second-order valence-corrected chi connectivity index (χ2v) is 5.85. The van der Waals surface area contributed by atoms with E-state index in [4.69, 9.17) is 9.84 Å². The Morgan fingerprint density at radius 1 is 1.05 bits per heavy atom. The van der Waals surface area contributed by atoms with Crippen molar-refractivity contribution >= 4 is 11.9 Å². The summed E-state index contributed by atoms with van der Waals surface area (Å²) < 4.78 is 5.19. The molecule has 0 rings (SSSR count). The Bertz CT molecular complexity index is 334. The van der Waals surface area contributed by atoms with E-state index in [0.29, 0.717) is 18.8 Å². The normalized spacial score (nSPS) is 14.3. The lowest BCUT2D eigenvalue weighted by Gasteiger charge is -2.18. The molecule has 5 nitrogen and oxygen atoms in total. The molecular formula is C16H28O5. The van der Waals surface area contributed by atoms with E-state index in [1.54, 1.807) is 6.92 Å². The predicted octanol–water partition coefficient (Wildman–Crippen LogP) is 2.92. The monoisotopic (exact) mass is 300 g/mol. The zero-order valence-corrected chi connectivity index (χ0v) is 13.2. The van der Waals surface area contributed by atoms with Crippen molar-refractivity contribution in [1.82, 2.24) is 0 Å². The second kappa shape index (κ2) is 11.3. The molecule has 0 heterocycles. The molecule has 0 saturated carbocycles. The minimum Gasteiger partial charge on any atom is -0.478 e. The quantitative estimate of drug-likeness (QED) is 0.348. The number of aliphatic hydroxyl groups excluding tert-OH is 1. The van der Waals surface area contributed by atoms with E-state index in [1.165, 1.54) is 6.42 Å². The van der Waals surface area contributed by atoms with Crippen LogP contribution in [0, 0.1) is 5.92 Å². The lowest BCUT2D eigenvalue weighted by Crippen LogP contribution is -2.22. The first-order valence-corrected chi connectivity index (χ1v) is 7.61. The van der Waals surface area contributed by atoms with E-state index in [0.717, 1.165) is 31.4 Å². The number of carboxylic acids is 1. The van der Waals surface area contributed by atoms with Crippen LogP contribution in [-0.4, -0.2) is 34.4 Å². The summed E-state index contributed by atoms with van der Waals surface area (Å²) in [4.78, 5) is 21.8. The summed E-state index contributed by atoms with van der Waals surface area (Å²) in [6, 6.07) is 0. The van der Waals surface area contributed by atoms with E-state index >= 15 is 0 Å².